The zero-order chi connectivity index (χ0) is 18.8. The highest BCUT2D eigenvalue weighted by Gasteiger charge is 2.18. The second-order valence-corrected chi connectivity index (χ2v) is 8.46. The van der Waals surface area contributed by atoms with Crippen LogP contribution < -0.4 is 0 Å². The lowest BCUT2D eigenvalue weighted by Gasteiger charge is -2.06. The largest absolute Gasteiger partial charge is 0.393 e. The van der Waals surface area contributed by atoms with Gasteiger partial charge in [0.2, 0.25) is 0 Å². The van der Waals surface area contributed by atoms with Gasteiger partial charge in [-0.25, -0.2) is 15.0 Å². The molecule has 5 nitrogen and oxygen atoms in total. The lowest BCUT2D eigenvalue weighted by atomic mass is 10.1. The summed E-state index contributed by atoms with van der Waals surface area (Å²) < 4.78 is 1.15. The number of thiazole rings is 2. The molecule has 1 atom stereocenters. The minimum atomic E-state index is -0.275. The molecule has 148 valence electrons. The second-order valence-electron chi connectivity index (χ2n) is 6.72. The summed E-state index contributed by atoms with van der Waals surface area (Å²) in [6, 6.07) is 6.25. The van der Waals surface area contributed by atoms with Crippen molar-refractivity contribution in [3.8, 4) is 22.0 Å². The molecule has 0 aliphatic carbocycles. The predicted molar refractivity (Wildman–Crippen MR) is 120 cm³/mol. The monoisotopic (exact) mass is 434 g/mol. The molecule has 0 spiro atoms. The number of rotatable bonds is 7. The van der Waals surface area contributed by atoms with Crippen molar-refractivity contribution >= 4 is 45.3 Å². The van der Waals surface area contributed by atoms with E-state index in [2.05, 4.69) is 39.4 Å². The summed E-state index contributed by atoms with van der Waals surface area (Å²) in [5, 5.41) is 13.1. The Labute approximate surface area is 178 Å². The lowest BCUT2D eigenvalue weighted by Crippen LogP contribution is -2.07. The number of H-pyrrole nitrogens is 1. The number of fused-ring (bicyclic) bond motifs is 1. The Bertz CT molecular complexity index is 1060. The maximum atomic E-state index is 10.1. The number of halogens is 1. The molecule has 28 heavy (non-hydrogen) atoms. The molecule has 0 amide bonds. The molecule has 0 saturated heterocycles. The van der Waals surface area contributed by atoms with E-state index < -0.39 is 0 Å². The number of nitrogens with zero attached hydrogens (tertiary/aromatic N) is 3. The van der Waals surface area contributed by atoms with E-state index in [1.165, 1.54) is 0 Å². The number of aryl methyl sites for hydroxylation is 2. The van der Waals surface area contributed by atoms with E-state index in [1.54, 1.807) is 22.7 Å². The van der Waals surface area contributed by atoms with Gasteiger partial charge in [0.15, 0.2) is 0 Å². The van der Waals surface area contributed by atoms with Crippen LogP contribution in [-0.4, -0.2) is 31.1 Å². The van der Waals surface area contributed by atoms with Gasteiger partial charge in [-0.15, -0.1) is 35.1 Å². The molecule has 8 heteroatoms. The van der Waals surface area contributed by atoms with Gasteiger partial charge >= 0.3 is 0 Å². The lowest BCUT2D eigenvalue weighted by molar-refractivity contribution is 0.153. The van der Waals surface area contributed by atoms with Crippen LogP contribution in [0.25, 0.3) is 32.2 Å². The van der Waals surface area contributed by atoms with Gasteiger partial charge < -0.3 is 10.1 Å². The summed E-state index contributed by atoms with van der Waals surface area (Å²) in [5.41, 5.74) is 6.81. The third kappa shape index (κ3) is 4.43. The van der Waals surface area contributed by atoms with Gasteiger partial charge in [-0.1, -0.05) is 19.4 Å². The van der Waals surface area contributed by atoms with E-state index in [-0.39, 0.29) is 18.5 Å². The first-order chi connectivity index (χ1) is 13.1. The fourth-order valence-electron chi connectivity index (χ4n) is 3.16. The van der Waals surface area contributed by atoms with Crippen molar-refractivity contribution < 1.29 is 5.11 Å². The molecular formula is C20H23ClN4OS2. The molecule has 4 rings (SSSR count). The Hall–Kier alpha value is -1.80. The molecule has 2 N–H and O–H groups in total. The minimum absolute atomic E-state index is 0. The minimum Gasteiger partial charge on any atom is -0.393 e. The van der Waals surface area contributed by atoms with Gasteiger partial charge in [-0.3, -0.25) is 0 Å². The van der Waals surface area contributed by atoms with Gasteiger partial charge in [0.1, 0.15) is 16.5 Å². The normalized spacial score (nSPS) is 12.2. The van der Waals surface area contributed by atoms with Crippen LogP contribution in [0.4, 0.5) is 0 Å². The van der Waals surface area contributed by atoms with Crippen molar-refractivity contribution in [2.75, 3.05) is 0 Å². The van der Waals surface area contributed by atoms with E-state index in [0.717, 1.165) is 63.0 Å². The highest BCUT2D eigenvalue weighted by atomic mass is 35.5. The molecule has 1 aromatic carbocycles. The molecule has 3 aromatic heterocycles. The molecule has 0 aliphatic heterocycles. The molecule has 3 heterocycles. The topological polar surface area (TPSA) is 74.7 Å². The van der Waals surface area contributed by atoms with Gasteiger partial charge in [-0.05, 0) is 31.9 Å². The van der Waals surface area contributed by atoms with E-state index in [1.807, 2.05) is 18.5 Å². The van der Waals surface area contributed by atoms with Crippen molar-refractivity contribution in [2.24, 2.45) is 0 Å². The average Bonchev–Trinajstić information content (AvgIpc) is 3.38. The Kier molecular flexibility index (Phi) is 6.82. The summed E-state index contributed by atoms with van der Waals surface area (Å²) in [4.78, 5) is 17.3. The number of nitrogens with one attached hydrogen (secondary N) is 1. The summed E-state index contributed by atoms with van der Waals surface area (Å²) in [5.74, 6) is 0.896. The van der Waals surface area contributed by atoms with E-state index in [0.29, 0.717) is 6.42 Å². The standard InChI is InChI=1S/C20H22N4OS2.ClH/c1-3-4-14(25)6-8-17-23-18(19(24-17)20-22-12(2)10-26-20)13-5-7-15-16(9-13)27-11-21-15;/h5,7,9-11,14,25H,3-4,6,8H2,1-2H3,(H,23,24);1H. The first-order valence-electron chi connectivity index (χ1n) is 9.17. The van der Waals surface area contributed by atoms with Crippen LogP contribution in [0.5, 0.6) is 0 Å². The maximum absolute atomic E-state index is 10.1. The van der Waals surface area contributed by atoms with Crippen molar-refractivity contribution in [3.63, 3.8) is 0 Å². The number of hydrogen-bond donors (Lipinski definition) is 2. The van der Waals surface area contributed by atoms with Crippen molar-refractivity contribution in [3.05, 3.63) is 40.6 Å². The Morgan fingerprint density at radius 1 is 1.18 bits per heavy atom. The first kappa shape index (κ1) is 20.9. The van der Waals surface area contributed by atoms with E-state index >= 15 is 0 Å². The van der Waals surface area contributed by atoms with Crippen molar-refractivity contribution in [1.82, 2.24) is 19.9 Å². The molecule has 0 radical (unpaired) electrons. The van der Waals surface area contributed by atoms with Gasteiger partial charge in [-0.2, -0.15) is 0 Å². The number of hydrogen-bond acceptors (Lipinski definition) is 6. The number of aliphatic hydroxyl groups is 1. The summed E-state index contributed by atoms with van der Waals surface area (Å²) in [6.45, 7) is 4.09. The van der Waals surface area contributed by atoms with Gasteiger partial charge in [0.05, 0.1) is 27.5 Å². The molecule has 0 fully saturated rings. The van der Waals surface area contributed by atoms with Crippen molar-refractivity contribution in [1.29, 1.82) is 0 Å². The molecule has 4 aromatic rings. The molecule has 0 saturated carbocycles. The molecule has 0 aliphatic rings. The number of aliphatic hydroxyl groups excluding tert-OH is 1. The molecule has 1 unspecified atom stereocenters. The Balaban J connectivity index is 0.00000225. The maximum Gasteiger partial charge on any atom is 0.142 e. The quantitative estimate of drug-likeness (QED) is 0.395. The van der Waals surface area contributed by atoms with Crippen LogP contribution in [-0.2, 0) is 6.42 Å². The zero-order valence-electron chi connectivity index (χ0n) is 15.8. The van der Waals surface area contributed by atoms with Crippen LogP contribution in [0.15, 0.2) is 29.1 Å². The predicted octanol–water partition coefficient (Wildman–Crippen LogP) is 5.63. The fraction of sp³-hybridized carbons (Fsp3) is 0.350. The van der Waals surface area contributed by atoms with Gasteiger partial charge in [0.25, 0.3) is 0 Å². The summed E-state index contributed by atoms with van der Waals surface area (Å²) in [7, 11) is 0. The molecular weight excluding hydrogens is 412 g/mol. The highest BCUT2D eigenvalue weighted by Crippen LogP contribution is 2.34. The first-order valence-corrected chi connectivity index (χ1v) is 10.9. The fourth-order valence-corrected chi connectivity index (χ4v) is 4.67. The number of aromatic amines is 1. The number of benzene rings is 1. The highest BCUT2D eigenvalue weighted by molar-refractivity contribution is 7.16. The SMILES string of the molecule is CCCC(O)CCc1nc(-c2ccc3ncsc3c2)c(-c2nc(C)cs2)[nH]1.Cl. The van der Waals surface area contributed by atoms with Crippen LogP contribution in [0.2, 0.25) is 0 Å². The molecule has 0 bridgehead atoms. The number of imidazole rings is 1. The Morgan fingerprint density at radius 2 is 2.04 bits per heavy atom. The number of aromatic nitrogens is 4. The third-order valence-corrected chi connectivity index (χ3v) is 6.30. The van der Waals surface area contributed by atoms with Crippen LogP contribution in [0, 0.1) is 6.92 Å². The van der Waals surface area contributed by atoms with Gasteiger partial charge in [0, 0.05) is 23.1 Å². The van der Waals surface area contributed by atoms with E-state index in [9.17, 15) is 5.11 Å². The van der Waals surface area contributed by atoms with Crippen LogP contribution in [0.1, 0.15) is 37.7 Å². The smallest absolute Gasteiger partial charge is 0.142 e. The van der Waals surface area contributed by atoms with E-state index in [4.69, 9.17) is 4.98 Å². The summed E-state index contributed by atoms with van der Waals surface area (Å²) in [6.07, 6.45) is 2.98. The van der Waals surface area contributed by atoms with Crippen molar-refractivity contribution in [2.45, 2.75) is 45.6 Å². The average molecular weight is 435 g/mol. The zero-order valence-corrected chi connectivity index (χ0v) is 18.3. The second kappa shape index (κ2) is 9.13. The van der Waals surface area contributed by atoms with Crippen LogP contribution >= 0.6 is 35.1 Å². The Morgan fingerprint density at radius 3 is 2.79 bits per heavy atom. The van der Waals surface area contributed by atoms with Crippen LogP contribution in [0.3, 0.4) is 0 Å². The third-order valence-electron chi connectivity index (χ3n) is 4.53. The summed E-state index contributed by atoms with van der Waals surface area (Å²) >= 11 is 3.25.